The SMILES string of the molecule is CCCc1nn(-c2ccc(OC)cc2)c(-c2c(C)noc2C)c1C=NO. The van der Waals surface area contributed by atoms with E-state index >= 15 is 0 Å². The van der Waals surface area contributed by atoms with Gasteiger partial charge in [-0.1, -0.05) is 23.7 Å². The van der Waals surface area contributed by atoms with Gasteiger partial charge in [-0.05, 0) is 44.5 Å². The monoisotopic (exact) mass is 354 g/mol. The van der Waals surface area contributed by atoms with Gasteiger partial charge in [0, 0.05) is 5.56 Å². The molecule has 0 aliphatic rings. The Labute approximate surface area is 151 Å². The van der Waals surface area contributed by atoms with Crippen molar-refractivity contribution in [3.8, 4) is 22.7 Å². The summed E-state index contributed by atoms with van der Waals surface area (Å²) in [6.45, 7) is 5.83. The lowest BCUT2D eigenvalue weighted by Gasteiger charge is -2.09. The lowest BCUT2D eigenvalue weighted by Crippen LogP contribution is -2.01. The minimum Gasteiger partial charge on any atom is -0.497 e. The molecule has 0 aliphatic heterocycles. The fraction of sp³-hybridized carbons (Fsp3) is 0.316. The first-order valence-electron chi connectivity index (χ1n) is 8.47. The van der Waals surface area contributed by atoms with Crippen molar-refractivity contribution in [2.75, 3.05) is 7.11 Å². The van der Waals surface area contributed by atoms with Gasteiger partial charge in [-0.15, -0.1) is 0 Å². The van der Waals surface area contributed by atoms with Gasteiger partial charge in [-0.3, -0.25) is 0 Å². The highest BCUT2D eigenvalue weighted by Gasteiger charge is 2.24. The van der Waals surface area contributed by atoms with Gasteiger partial charge in [0.15, 0.2) is 0 Å². The average Bonchev–Trinajstić information content (AvgIpc) is 3.16. The van der Waals surface area contributed by atoms with E-state index in [1.54, 1.807) is 7.11 Å². The predicted octanol–water partition coefficient (Wildman–Crippen LogP) is 3.91. The summed E-state index contributed by atoms with van der Waals surface area (Å²) in [6.07, 6.45) is 3.12. The Bertz CT molecular complexity index is 904. The van der Waals surface area contributed by atoms with E-state index in [0.29, 0.717) is 5.76 Å². The fourth-order valence-corrected chi connectivity index (χ4v) is 3.06. The number of benzene rings is 1. The number of methoxy groups -OCH3 is 1. The molecule has 7 heteroatoms. The Kier molecular flexibility index (Phi) is 5.06. The van der Waals surface area contributed by atoms with Crippen LogP contribution in [0, 0.1) is 13.8 Å². The number of ether oxygens (including phenoxy) is 1. The third-order valence-corrected chi connectivity index (χ3v) is 4.26. The molecule has 0 radical (unpaired) electrons. The van der Waals surface area contributed by atoms with E-state index in [1.807, 2.05) is 42.8 Å². The lowest BCUT2D eigenvalue weighted by molar-refractivity contribution is 0.322. The topological polar surface area (TPSA) is 85.7 Å². The molecule has 136 valence electrons. The number of aryl methyl sites for hydroxylation is 3. The second-order valence-corrected chi connectivity index (χ2v) is 6.01. The molecular formula is C19H22N4O3. The lowest BCUT2D eigenvalue weighted by atomic mass is 10.0. The first-order valence-corrected chi connectivity index (χ1v) is 8.47. The molecule has 0 fully saturated rings. The number of rotatable bonds is 6. The van der Waals surface area contributed by atoms with E-state index in [2.05, 4.69) is 17.2 Å². The molecule has 0 atom stereocenters. The molecule has 26 heavy (non-hydrogen) atoms. The molecule has 0 amide bonds. The molecular weight excluding hydrogens is 332 g/mol. The Morgan fingerprint density at radius 1 is 1.27 bits per heavy atom. The highest BCUT2D eigenvalue weighted by molar-refractivity contribution is 5.91. The van der Waals surface area contributed by atoms with Crippen molar-refractivity contribution >= 4 is 6.21 Å². The summed E-state index contributed by atoms with van der Waals surface area (Å²) >= 11 is 0. The standard InChI is InChI=1S/C19H22N4O3/c1-5-6-17-16(11-20-24)19(18-12(2)22-26-13(18)3)23(21-17)14-7-9-15(25-4)10-8-14/h7-11,24H,5-6H2,1-4H3. The second kappa shape index (κ2) is 7.43. The van der Waals surface area contributed by atoms with E-state index in [0.717, 1.165) is 52.5 Å². The first-order chi connectivity index (χ1) is 12.6. The first kappa shape index (κ1) is 17.7. The van der Waals surface area contributed by atoms with Crippen LogP contribution in [0.25, 0.3) is 16.9 Å². The molecule has 2 aromatic heterocycles. The molecule has 0 saturated heterocycles. The van der Waals surface area contributed by atoms with Crippen LogP contribution in [0.2, 0.25) is 0 Å². The molecule has 0 saturated carbocycles. The minimum absolute atomic E-state index is 0.688. The van der Waals surface area contributed by atoms with E-state index in [9.17, 15) is 5.21 Å². The predicted molar refractivity (Wildman–Crippen MR) is 98.5 cm³/mol. The zero-order valence-electron chi connectivity index (χ0n) is 15.4. The van der Waals surface area contributed by atoms with E-state index in [-0.39, 0.29) is 0 Å². The maximum Gasteiger partial charge on any atom is 0.143 e. The maximum absolute atomic E-state index is 9.20. The van der Waals surface area contributed by atoms with Crippen LogP contribution < -0.4 is 4.74 Å². The van der Waals surface area contributed by atoms with Gasteiger partial charge in [0.05, 0.1) is 41.7 Å². The van der Waals surface area contributed by atoms with Crippen molar-refractivity contribution < 1.29 is 14.5 Å². The largest absolute Gasteiger partial charge is 0.497 e. The van der Waals surface area contributed by atoms with Crippen molar-refractivity contribution in [3.63, 3.8) is 0 Å². The molecule has 3 aromatic rings. The zero-order valence-corrected chi connectivity index (χ0v) is 15.4. The molecule has 0 unspecified atom stereocenters. The van der Waals surface area contributed by atoms with Gasteiger partial charge in [0.25, 0.3) is 0 Å². The molecule has 3 rings (SSSR count). The van der Waals surface area contributed by atoms with Crippen LogP contribution in [0.4, 0.5) is 0 Å². The number of oxime groups is 1. The normalized spacial score (nSPS) is 11.4. The van der Waals surface area contributed by atoms with Crippen LogP contribution in [0.5, 0.6) is 5.75 Å². The Morgan fingerprint density at radius 2 is 2.00 bits per heavy atom. The van der Waals surface area contributed by atoms with Gasteiger partial charge in [-0.25, -0.2) is 4.68 Å². The fourth-order valence-electron chi connectivity index (χ4n) is 3.06. The van der Waals surface area contributed by atoms with Crippen molar-refractivity contribution in [2.24, 2.45) is 5.16 Å². The molecule has 0 spiro atoms. The Hall–Kier alpha value is -3.09. The van der Waals surface area contributed by atoms with Crippen LogP contribution in [0.15, 0.2) is 33.9 Å². The summed E-state index contributed by atoms with van der Waals surface area (Å²) in [7, 11) is 1.63. The Balaban J connectivity index is 2.30. The molecule has 2 heterocycles. The van der Waals surface area contributed by atoms with Gasteiger partial charge in [-0.2, -0.15) is 5.10 Å². The summed E-state index contributed by atoms with van der Waals surface area (Å²) < 4.78 is 12.4. The Morgan fingerprint density at radius 3 is 2.54 bits per heavy atom. The summed E-state index contributed by atoms with van der Waals surface area (Å²) in [5, 5.41) is 21.3. The van der Waals surface area contributed by atoms with Crippen molar-refractivity contribution in [2.45, 2.75) is 33.6 Å². The van der Waals surface area contributed by atoms with Crippen molar-refractivity contribution in [1.82, 2.24) is 14.9 Å². The van der Waals surface area contributed by atoms with Gasteiger partial charge in [0.1, 0.15) is 11.5 Å². The van der Waals surface area contributed by atoms with E-state index < -0.39 is 0 Å². The second-order valence-electron chi connectivity index (χ2n) is 6.01. The molecule has 0 aliphatic carbocycles. The zero-order chi connectivity index (χ0) is 18.7. The number of aromatic nitrogens is 3. The van der Waals surface area contributed by atoms with Crippen LogP contribution in [-0.2, 0) is 6.42 Å². The summed E-state index contributed by atoms with van der Waals surface area (Å²) in [6, 6.07) is 7.63. The minimum atomic E-state index is 0.688. The summed E-state index contributed by atoms with van der Waals surface area (Å²) in [5.41, 5.74) is 4.90. The van der Waals surface area contributed by atoms with Crippen molar-refractivity contribution in [3.05, 3.63) is 47.0 Å². The van der Waals surface area contributed by atoms with Crippen LogP contribution >= 0.6 is 0 Å². The average molecular weight is 354 g/mol. The van der Waals surface area contributed by atoms with Crippen LogP contribution in [0.1, 0.15) is 36.1 Å². The van der Waals surface area contributed by atoms with Gasteiger partial charge < -0.3 is 14.5 Å². The molecule has 1 N–H and O–H groups in total. The summed E-state index contributed by atoms with van der Waals surface area (Å²) in [4.78, 5) is 0. The third-order valence-electron chi connectivity index (χ3n) is 4.26. The quantitative estimate of drug-likeness (QED) is 0.412. The number of hydrogen-bond donors (Lipinski definition) is 1. The van der Waals surface area contributed by atoms with Crippen LogP contribution in [-0.4, -0.2) is 33.5 Å². The van der Waals surface area contributed by atoms with Crippen molar-refractivity contribution in [1.29, 1.82) is 0 Å². The smallest absolute Gasteiger partial charge is 0.143 e. The highest BCUT2D eigenvalue weighted by atomic mass is 16.5. The third kappa shape index (κ3) is 3.08. The molecule has 0 bridgehead atoms. The maximum atomic E-state index is 9.20. The molecule has 7 nitrogen and oxygen atoms in total. The number of hydrogen-bond acceptors (Lipinski definition) is 6. The van der Waals surface area contributed by atoms with Crippen LogP contribution in [0.3, 0.4) is 0 Å². The number of nitrogens with zero attached hydrogens (tertiary/aromatic N) is 4. The summed E-state index contributed by atoms with van der Waals surface area (Å²) in [5.74, 6) is 1.46. The highest BCUT2D eigenvalue weighted by Crippen LogP contribution is 2.33. The van der Waals surface area contributed by atoms with Gasteiger partial charge >= 0.3 is 0 Å². The van der Waals surface area contributed by atoms with E-state index in [1.165, 1.54) is 6.21 Å². The van der Waals surface area contributed by atoms with Gasteiger partial charge in [0.2, 0.25) is 0 Å². The molecule has 1 aromatic carbocycles. The van der Waals surface area contributed by atoms with E-state index in [4.69, 9.17) is 14.4 Å².